The van der Waals surface area contributed by atoms with Gasteiger partial charge in [-0.25, -0.2) is 0 Å². The van der Waals surface area contributed by atoms with Crippen molar-refractivity contribution in [3.63, 3.8) is 0 Å². The molecule has 2 heterocycles. The van der Waals surface area contributed by atoms with Crippen molar-refractivity contribution >= 4 is 11.3 Å². The van der Waals surface area contributed by atoms with Crippen LogP contribution in [0.15, 0.2) is 29.8 Å². The van der Waals surface area contributed by atoms with Gasteiger partial charge in [0.05, 0.1) is 0 Å². The largest absolute Gasteiger partial charge is 0.363 e. The molecule has 2 nitrogen and oxygen atoms in total. The molecule has 0 spiro atoms. The van der Waals surface area contributed by atoms with Gasteiger partial charge in [0.2, 0.25) is 0 Å². The molecule has 2 rings (SSSR count). The van der Waals surface area contributed by atoms with Crippen LogP contribution in [0.25, 0.3) is 10.4 Å². The highest BCUT2D eigenvalue weighted by atomic mass is 32.1. The smallest absolute Gasteiger partial charge is 0.0357 e. The maximum absolute atomic E-state index is 5.49. The predicted molar refractivity (Wildman–Crippen MR) is 52.0 cm³/mol. The predicted octanol–water partition coefficient (Wildman–Crippen LogP) is 2.20. The monoisotopic (exact) mass is 178 g/mol. The molecule has 3 heteroatoms. The van der Waals surface area contributed by atoms with Crippen LogP contribution in [0, 0.1) is 0 Å². The molecule has 62 valence electrons. The fourth-order valence-corrected chi connectivity index (χ4v) is 1.86. The minimum atomic E-state index is 0.575. The third kappa shape index (κ3) is 1.29. The Hall–Kier alpha value is -1.06. The fourth-order valence-electron chi connectivity index (χ4n) is 1.14. The van der Waals surface area contributed by atoms with E-state index < -0.39 is 0 Å². The minimum Gasteiger partial charge on any atom is -0.363 e. The number of aromatic nitrogens is 1. The van der Waals surface area contributed by atoms with Crippen molar-refractivity contribution in [1.29, 1.82) is 0 Å². The summed E-state index contributed by atoms with van der Waals surface area (Å²) < 4.78 is 0. The normalized spacial score (nSPS) is 10.4. The van der Waals surface area contributed by atoms with E-state index in [1.807, 2.05) is 6.20 Å². The molecule has 0 aliphatic heterocycles. The number of H-pyrrole nitrogens is 1. The van der Waals surface area contributed by atoms with Crippen LogP contribution in [0.3, 0.4) is 0 Å². The molecule has 0 saturated carbocycles. The Balaban J connectivity index is 2.35. The lowest BCUT2D eigenvalue weighted by atomic mass is 10.2. The summed E-state index contributed by atoms with van der Waals surface area (Å²) in [6.07, 6.45) is 1.99. The maximum atomic E-state index is 5.49. The molecular weight excluding hydrogens is 168 g/mol. The summed E-state index contributed by atoms with van der Waals surface area (Å²) in [6, 6.07) is 6.25. The summed E-state index contributed by atoms with van der Waals surface area (Å²) >= 11 is 1.74. The molecule has 12 heavy (non-hydrogen) atoms. The molecular formula is C9H10N2S. The molecule has 0 amide bonds. The van der Waals surface area contributed by atoms with Crippen LogP contribution in [-0.4, -0.2) is 4.98 Å². The molecule has 0 atom stereocenters. The van der Waals surface area contributed by atoms with E-state index in [1.165, 1.54) is 10.4 Å². The maximum Gasteiger partial charge on any atom is 0.0357 e. The van der Waals surface area contributed by atoms with Gasteiger partial charge >= 0.3 is 0 Å². The van der Waals surface area contributed by atoms with Gasteiger partial charge in [0, 0.05) is 28.9 Å². The molecule has 2 aromatic heterocycles. The van der Waals surface area contributed by atoms with Crippen molar-refractivity contribution in [2.75, 3.05) is 0 Å². The molecule has 0 saturated heterocycles. The first kappa shape index (κ1) is 7.58. The first-order valence-corrected chi connectivity index (χ1v) is 4.69. The van der Waals surface area contributed by atoms with Gasteiger partial charge in [-0.05, 0) is 17.5 Å². The first-order valence-electron chi connectivity index (χ1n) is 3.81. The minimum absolute atomic E-state index is 0.575. The number of aromatic amines is 1. The summed E-state index contributed by atoms with van der Waals surface area (Å²) in [5, 5.41) is 2.07. The molecule has 3 N–H and O–H groups in total. The van der Waals surface area contributed by atoms with Crippen molar-refractivity contribution in [3.05, 3.63) is 35.5 Å². The number of nitrogens with two attached hydrogens (primary N) is 1. The Morgan fingerprint density at radius 2 is 2.42 bits per heavy atom. The molecule has 0 fully saturated rings. The van der Waals surface area contributed by atoms with Gasteiger partial charge in [-0.15, -0.1) is 11.3 Å². The summed E-state index contributed by atoms with van der Waals surface area (Å²) in [7, 11) is 0. The van der Waals surface area contributed by atoms with Crippen molar-refractivity contribution < 1.29 is 0 Å². The Morgan fingerprint density at radius 1 is 1.50 bits per heavy atom. The summed E-state index contributed by atoms with van der Waals surface area (Å²) in [5.41, 5.74) is 7.80. The summed E-state index contributed by atoms with van der Waals surface area (Å²) in [4.78, 5) is 4.41. The third-order valence-corrected chi connectivity index (χ3v) is 2.69. The highest BCUT2D eigenvalue weighted by Crippen LogP contribution is 2.24. The zero-order valence-electron chi connectivity index (χ0n) is 6.58. The van der Waals surface area contributed by atoms with Crippen LogP contribution in [-0.2, 0) is 6.54 Å². The molecule has 0 radical (unpaired) electrons. The van der Waals surface area contributed by atoms with Crippen LogP contribution in [0.1, 0.15) is 5.69 Å². The average molecular weight is 178 g/mol. The van der Waals surface area contributed by atoms with Crippen LogP contribution in [0.2, 0.25) is 0 Å². The lowest BCUT2D eigenvalue weighted by molar-refractivity contribution is 1.01. The van der Waals surface area contributed by atoms with Crippen molar-refractivity contribution in [2.45, 2.75) is 6.54 Å². The van der Waals surface area contributed by atoms with E-state index in [0.717, 1.165) is 5.69 Å². The van der Waals surface area contributed by atoms with Crippen molar-refractivity contribution in [3.8, 4) is 10.4 Å². The molecule has 2 aromatic rings. The number of nitrogens with one attached hydrogen (secondary N) is 1. The number of thiophene rings is 1. The highest BCUT2D eigenvalue weighted by molar-refractivity contribution is 7.13. The summed E-state index contributed by atoms with van der Waals surface area (Å²) in [6.45, 7) is 0.575. The standard InChI is InChI=1S/C9H10N2S/c10-5-8-4-7(6-11-8)9-2-1-3-12-9/h1-4,6,11H,5,10H2. The van der Waals surface area contributed by atoms with E-state index in [0.29, 0.717) is 6.54 Å². The fraction of sp³-hybridized carbons (Fsp3) is 0.111. The van der Waals surface area contributed by atoms with Gasteiger partial charge in [-0.1, -0.05) is 6.07 Å². The molecule has 0 aromatic carbocycles. The molecule has 0 unspecified atom stereocenters. The Bertz CT molecular complexity index is 348. The second-order valence-electron chi connectivity index (χ2n) is 2.60. The molecule has 0 aliphatic carbocycles. The van der Waals surface area contributed by atoms with Crippen LogP contribution in [0.4, 0.5) is 0 Å². The van der Waals surface area contributed by atoms with E-state index in [2.05, 4.69) is 28.6 Å². The first-order chi connectivity index (χ1) is 5.90. The van der Waals surface area contributed by atoms with E-state index in [1.54, 1.807) is 11.3 Å². The van der Waals surface area contributed by atoms with E-state index in [-0.39, 0.29) is 0 Å². The zero-order chi connectivity index (χ0) is 8.39. The average Bonchev–Trinajstić information content (AvgIpc) is 2.75. The number of rotatable bonds is 2. The van der Waals surface area contributed by atoms with Gasteiger partial charge in [0.15, 0.2) is 0 Å². The van der Waals surface area contributed by atoms with Crippen LogP contribution < -0.4 is 5.73 Å². The van der Waals surface area contributed by atoms with Crippen LogP contribution in [0.5, 0.6) is 0 Å². The van der Waals surface area contributed by atoms with E-state index >= 15 is 0 Å². The SMILES string of the molecule is NCc1cc(-c2cccs2)c[nH]1. The molecule has 0 aliphatic rings. The zero-order valence-corrected chi connectivity index (χ0v) is 7.40. The van der Waals surface area contributed by atoms with Gasteiger partial charge in [0.25, 0.3) is 0 Å². The second kappa shape index (κ2) is 3.13. The van der Waals surface area contributed by atoms with Gasteiger partial charge in [0.1, 0.15) is 0 Å². The van der Waals surface area contributed by atoms with Gasteiger partial charge in [-0.2, -0.15) is 0 Å². The van der Waals surface area contributed by atoms with E-state index in [4.69, 9.17) is 5.73 Å². The lowest BCUT2D eigenvalue weighted by Gasteiger charge is -1.87. The third-order valence-electron chi connectivity index (χ3n) is 1.77. The number of hydrogen-bond acceptors (Lipinski definition) is 2. The highest BCUT2D eigenvalue weighted by Gasteiger charge is 2.00. The second-order valence-corrected chi connectivity index (χ2v) is 3.54. The quantitative estimate of drug-likeness (QED) is 0.727. The Morgan fingerprint density at radius 3 is 3.00 bits per heavy atom. The van der Waals surface area contributed by atoms with Gasteiger partial charge in [-0.3, -0.25) is 0 Å². The van der Waals surface area contributed by atoms with Crippen LogP contribution >= 0.6 is 11.3 Å². The Labute approximate surface area is 75.0 Å². The van der Waals surface area contributed by atoms with E-state index in [9.17, 15) is 0 Å². The Kier molecular flexibility index (Phi) is 1.98. The topological polar surface area (TPSA) is 41.8 Å². The van der Waals surface area contributed by atoms with Gasteiger partial charge < -0.3 is 10.7 Å². The lowest BCUT2D eigenvalue weighted by Crippen LogP contribution is -1.94. The molecule has 0 bridgehead atoms. The van der Waals surface area contributed by atoms with Crippen molar-refractivity contribution in [2.24, 2.45) is 5.73 Å². The van der Waals surface area contributed by atoms with Crippen molar-refractivity contribution in [1.82, 2.24) is 4.98 Å². The number of hydrogen-bond donors (Lipinski definition) is 2. The summed E-state index contributed by atoms with van der Waals surface area (Å²) in [5.74, 6) is 0.